The minimum absolute atomic E-state index is 0.0155. The zero-order valence-electron chi connectivity index (χ0n) is 11.5. The maximum Gasteiger partial charge on any atom is 0.435 e. The van der Waals surface area contributed by atoms with Gasteiger partial charge in [0, 0.05) is 31.0 Å². The Morgan fingerprint density at radius 3 is 2.71 bits per heavy atom. The molecule has 2 aromatic rings. The van der Waals surface area contributed by atoms with Gasteiger partial charge in [0.05, 0.1) is 11.6 Å². The van der Waals surface area contributed by atoms with E-state index in [1.807, 2.05) is 13.0 Å². The minimum Gasteiger partial charge on any atom is -0.381 e. The summed E-state index contributed by atoms with van der Waals surface area (Å²) in [5, 5.41) is 15.2. The molecule has 7 heteroatoms. The first kappa shape index (κ1) is 14.9. The van der Waals surface area contributed by atoms with Gasteiger partial charge < -0.3 is 5.32 Å². The molecule has 21 heavy (non-hydrogen) atoms. The molecule has 0 aliphatic rings. The Morgan fingerprint density at radius 1 is 1.38 bits per heavy atom. The van der Waals surface area contributed by atoms with E-state index < -0.39 is 11.9 Å². The molecule has 1 N–H and O–H groups in total. The lowest BCUT2D eigenvalue weighted by Gasteiger charge is -2.11. The normalized spacial score (nSPS) is 11.2. The molecule has 110 valence electrons. The summed E-state index contributed by atoms with van der Waals surface area (Å²) in [4.78, 5) is 0. The summed E-state index contributed by atoms with van der Waals surface area (Å²) in [6.07, 6.45) is -3.15. The van der Waals surface area contributed by atoms with Gasteiger partial charge in [-0.05, 0) is 24.6 Å². The van der Waals surface area contributed by atoms with E-state index in [9.17, 15) is 13.2 Å². The molecule has 0 amide bonds. The standard InChI is InChI=1S/C14H13F3N4/c1-9-3-4-10(6-18)5-12(9)19-7-11-8-21(2)20-13(11)14(15,16)17/h3-5,8,19H,7H2,1-2H3. The third kappa shape index (κ3) is 3.34. The lowest BCUT2D eigenvalue weighted by Crippen LogP contribution is -2.11. The highest BCUT2D eigenvalue weighted by molar-refractivity contribution is 5.55. The van der Waals surface area contributed by atoms with E-state index in [0.717, 1.165) is 10.2 Å². The number of nitrogens with zero attached hydrogens (tertiary/aromatic N) is 3. The third-order valence-electron chi connectivity index (χ3n) is 3.01. The van der Waals surface area contributed by atoms with Gasteiger partial charge in [0.25, 0.3) is 0 Å². The first-order valence-electron chi connectivity index (χ1n) is 6.15. The summed E-state index contributed by atoms with van der Waals surface area (Å²) >= 11 is 0. The highest BCUT2D eigenvalue weighted by Gasteiger charge is 2.36. The molecule has 1 aromatic carbocycles. The Morgan fingerprint density at radius 2 is 2.10 bits per heavy atom. The van der Waals surface area contributed by atoms with Crippen LogP contribution in [0, 0.1) is 18.3 Å². The number of halogens is 3. The van der Waals surface area contributed by atoms with Crippen LogP contribution in [0.5, 0.6) is 0 Å². The number of alkyl halides is 3. The van der Waals surface area contributed by atoms with Crippen molar-refractivity contribution in [1.82, 2.24) is 9.78 Å². The van der Waals surface area contributed by atoms with E-state index in [4.69, 9.17) is 5.26 Å². The van der Waals surface area contributed by atoms with Crippen LogP contribution < -0.4 is 5.32 Å². The fourth-order valence-electron chi connectivity index (χ4n) is 1.98. The van der Waals surface area contributed by atoms with Gasteiger partial charge in [-0.25, -0.2) is 0 Å². The van der Waals surface area contributed by atoms with Gasteiger partial charge in [-0.1, -0.05) is 6.07 Å². The second kappa shape index (κ2) is 5.48. The minimum atomic E-state index is -4.48. The molecule has 0 atom stereocenters. The van der Waals surface area contributed by atoms with Crippen molar-refractivity contribution < 1.29 is 13.2 Å². The maximum atomic E-state index is 12.8. The molecule has 0 unspecified atom stereocenters. The molecule has 0 saturated heterocycles. The molecule has 0 saturated carbocycles. The summed E-state index contributed by atoms with van der Waals surface area (Å²) in [5.41, 5.74) is 1.10. The average molecular weight is 294 g/mol. The summed E-state index contributed by atoms with van der Waals surface area (Å²) < 4.78 is 39.7. The quantitative estimate of drug-likeness (QED) is 0.945. The van der Waals surface area contributed by atoms with E-state index in [1.165, 1.54) is 13.2 Å². The number of rotatable bonds is 3. The number of benzene rings is 1. The van der Waals surface area contributed by atoms with E-state index in [0.29, 0.717) is 11.3 Å². The summed E-state index contributed by atoms with van der Waals surface area (Å²) in [6.45, 7) is 1.80. The van der Waals surface area contributed by atoms with Crippen molar-refractivity contribution in [3.05, 3.63) is 46.8 Å². The van der Waals surface area contributed by atoms with Crippen molar-refractivity contribution in [2.75, 3.05) is 5.32 Å². The first-order valence-corrected chi connectivity index (χ1v) is 6.15. The zero-order chi connectivity index (χ0) is 15.6. The van der Waals surface area contributed by atoms with Gasteiger partial charge in [0.1, 0.15) is 0 Å². The first-order chi connectivity index (χ1) is 9.81. The Kier molecular flexibility index (Phi) is 3.89. The largest absolute Gasteiger partial charge is 0.435 e. The molecule has 0 aliphatic carbocycles. The second-order valence-corrected chi connectivity index (χ2v) is 4.67. The molecule has 0 bridgehead atoms. The number of nitrogens with one attached hydrogen (secondary N) is 1. The van der Waals surface area contributed by atoms with Crippen LogP contribution in [0.4, 0.5) is 18.9 Å². The number of hydrogen-bond donors (Lipinski definition) is 1. The van der Waals surface area contributed by atoms with Gasteiger partial charge in [-0.15, -0.1) is 0 Å². The monoisotopic (exact) mass is 294 g/mol. The Balaban J connectivity index is 2.23. The highest BCUT2D eigenvalue weighted by Crippen LogP contribution is 2.31. The molecule has 0 fully saturated rings. The van der Waals surface area contributed by atoms with Gasteiger partial charge in [-0.2, -0.15) is 23.5 Å². The number of anilines is 1. The van der Waals surface area contributed by atoms with Crippen LogP contribution in [0.2, 0.25) is 0 Å². The third-order valence-corrected chi connectivity index (χ3v) is 3.01. The molecule has 0 radical (unpaired) electrons. The van der Waals surface area contributed by atoms with Crippen LogP contribution in [-0.4, -0.2) is 9.78 Å². The molecule has 2 rings (SSSR count). The van der Waals surface area contributed by atoms with Gasteiger partial charge in [0.2, 0.25) is 0 Å². The van der Waals surface area contributed by atoms with E-state index in [2.05, 4.69) is 10.4 Å². The van der Waals surface area contributed by atoms with Gasteiger partial charge in [-0.3, -0.25) is 4.68 Å². The van der Waals surface area contributed by atoms with Crippen molar-refractivity contribution in [3.8, 4) is 6.07 Å². The number of aryl methyl sites for hydroxylation is 2. The fourth-order valence-corrected chi connectivity index (χ4v) is 1.98. The van der Waals surface area contributed by atoms with Crippen molar-refractivity contribution in [3.63, 3.8) is 0 Å². The van der Waals surface area contributed by atoms with Crippen molar-refractivity contribution >= 4 is 5.69 Å². The number of nitriles is 1. The van der Waals surface area contributed by atoms with E-state index in [1.54, 1.807) is 18.2 Å². The predicted molar refractivity (Wildman–Crippen MR) is 71.4 cm³/mol. The van der Waals surface area contributed by atoms with Crippen LogP contribution in [-0.2, 0) is 19.8 Å². The maximum absolute atomic E-state index is 12.8. The SMILES string of the molecule is Cc1ccc(C#N)cc1NCc1cn(C)nc1C(F)(F)F. The molecule has 0 spiro atoms. The smallest absolute Gasteiger partial charge is 0.381 e. The number of hydrogen-bond acceptors (Lipinski definition) is 3. The van der Waals surface area contributed by atoms with Crippen LogP contribution in [0.15, 0.2) is 24.4 Å². The Labute approximate surface area is 119 Å². The molecular weight excluding hydrogens is 281 g/mol. The van der Waals surface area contributed by atoms with Crippen molar-refractivity contribution in [2.45, 2.75) is 19.6 Å². The molecular formula is C14H13F3N4. The van der Waals surface area contributed by atoms with Crippen LogP contribution >= 0.6 is 0 Å². The van der Waals surface area contributed by atoms with Crippen molar-refractivity contribution in [2.24, 2.45) is 7.05 Å². The lowest BCUT2D eigenvalue weighted by atomic mass is 10.1. The van der Waals surface area contributed by atoms with Gasteiger partial charge in [0.15, 0.2) is 5.69 Å². The van der Waals surface area contributed by atoms with Crippen molar-refractivity contribution in [1.29, 1.82) is 5.26 Å². The van der Waals surface area contributed by atoms with Crippen LogP contribution in [0.1, 0.15) is 22.4 Å². The van der Waals surface area contributed by atoms with Gasteiger partial charge >= 0.3 is 6.18 Å². The topological polar surface area (TPSA) is 53.6 Å². The summed E-state index contributed by atoms with van der Waals surface area (Å²) in [5.74, 6) is 0. The zero-order valence-corrected chi connectivity index (χ0v) is 11.5. The molecule has 1 heterocycles. The van der Waals surface area contributed by atoms with E-state index >= 15 is 0 Å². The van der Waals surface area contributed by atoms with E-state index in [-0.39, 0.29) is 12.1 Å². The fraction of sp³-hybridized carbons (Fsp3) is 0.286. The van der Waals surface area contributed by atoms with Crippen LogP contribution in [0.25, 0.3) is 0 Å². The summed E-state index contributed by atoms with van der Waals surface area (Å²) in [7, 11) is 1.44. The molecule has 1 aromatic heterocycles. The lowest BCUT2D eigenvalue weighted by molar-refractivity contribution is -0.142. The Hall–Kier alpha value is -2.49. The number of aromatic nitrogens is 2. The predicted octanol–water partition coefficient (Wildman–Crippen LogP) is 3.23. The average Bonchev–Trinajstić information content (AvgIpc) is 2.79. The molecule has 0 aliphatic heterocycles. The highest BCUT2D eigenvalue weighted by atomic mass is 19.4. The summed E-state index contributed by atoms with van der Waals surface area (Å²) in [6, 6.07) is 7.01. The second-order valence-electron chi connectivity index (χ2n) is 4.67. The molecule has 4 nitrogen and oxygen atoms in total. The Bertz CT molecular complexity index is 695. The van der Waals surface area contributed by atoms with Crippen LogP contribution in [0.3, 0.4) is 0 Å².